The van der Waals surface area contributed by atoms with Crippen LogP contribution in [0.4, 0.5) is 0 Å². The number of carboxylic acids is 6. The first-order valence-corrected chi connectivity index (χ1v) is 7.93. The number of nitrogens with two attached hydrogens (primary N) is 2. The van der Waals surface area contributed by atoms with Gasteiger partial charge in [0.05, 0.1) is 44.6 Å². The first kappa shape index (κ1) is 26.7. The summed E-state index contributed by atoms with van der Waals surface area (Å²) in [4.78, 5) is 68.5. The number of aliphatic carboxylic acids is 6. The zero-order valence-corrected chi connectivity index (χ0v) is 15.4. The highest BCUT2D eigenvalue weighted by atomic mass is 16.4. The lowest BCUT2D eigenvalue weighted by atomic mass is 9.80. The third-order valence-electron chi connectivity index (χ3n) is 4.07. The second kappa shape index (κ2) is 10.4. The molecule has 0 saturated heterocycles. The van der Waals surface area contributed by atoms with E-state index >= 15 is 0 Å². The molecule has 0 amide bonds. The second-order valence-electron chi connectivity index (χ2n) is 6.29. The van der Waals surface area contributed by atoms with E-state index in [4.69, 9.17) is 31.9 Å². The molecule has 10 N–H and O–H groups in total. The molecule has 30 heavy (non-hydrogen) atoms. The van der Waals surface area contributed by atoms with Crippen LogP contribution >= 0.6 is 0 Å². The molecule has 0 bridgehead atoms. The molecule has 170 valence electrons. The van der Waals surface area contributed by atoms with E-state index in [2.05, 4.69) is 0 Å². The van der Waals surface area contributed by atoms with Crippen LogP contribution in [0.5, 0.6) is 0 Å². The summed E-state index contributed by atoms with van der Waals surface area (Å²) in [5, 5.41) is 54.9. The van der Waals surface area contributed by atoms with E-state index in [-0.39, 0.29) is 0 Å². The summed E-state index contributed by atoms with van der Waals surface area (Å²) in [6.45, 7) is -4.93. The van der Waals surface area contributed by atoms with Crippen molar-refractivity contribution in [3.8, 4) is 0 Å². The Bertz CT molecular complexity index is 674. The lowest BCUT2D eigenvalue weighted by Crippen LogP contribution is -2.82. The van der Waals surface area contributed by atoms with Gasteiger partial charge < -0.3 is 30.6 Å². The average Bonchev–Trinajstić information content (AvgIpc) is 2.49. The minimum atomic E-state index is -2.94. The predicted octanol–water partition coefficient (Wildman–Crippen LogP) is -3.81. The molecule has 0 fully saturated rings. The standard InChI is InChI=1S/C14H22N4O12/c15-14(16,18(5-11(27)28)6-12(29)30)13(1-7(19)20,2-8(21)22)17(3-9(23)24)4-10(25)26/h1-6,15-16H2,(H,19,20)(H,21,22)(H,23,24)(H,25,26)(H,27,28)(H,29,30). The highest BCUT2D eigenvalue weighted by Gasteiger charge is 2.57. The summed E-state index contributed by atoms with van der Waals surface area (Å²) < 4.78 is 0. The van der Waals surface area contributed by atoms with Crippen LogP contribution in [-0.2, 0) is 28.8 Å². The van der Waals surface area contributed by atoms with Gasteiger partial charge in [0.25, 0.3) is 0 Å². The molecule has 16 heteroatoms. The van der Waals surface area contributed by atoms with Gasteiger partial charge in [0.2, 0.25) is 0 Å². The van der Waals surface area contributed by atoms with Crippen LogP contribution in [-0.4, -0.2) is 114 Å². The highest BCUT2D eigenvalue weighted by Crippen LogP contribution is 2.34. The van der Waals surface area contributed by atoms with E-state index in [0.29, 0.717) is 9.80 Å². The van der Waals surface area contributed by atoms with E-state index in [1.54, 1.807) is 0 Å². The van der Waals surface area contributed by atoms with Crippen molar-refractivity contribution in [2.75, 3.05) is 26.2 Å². The minimum absolute atomic E-state index is 0.306. The SMILES string of the molecule is NC(N)(N(CC(=O)O)CC(=O)O)C(CC(=O)O)(CC(=O)O)N(CC(=O)O)CC(=O)O. The van der Waals surface area contributed by atoms with Gasteiger partial charge in [-0.25, -0.2) is 4.90 Å². The van der Waals surface area contributed by atoms with Crippen LogP contribution in [0, 0.1) is 0 Å². The molecule has 0 aliphatic heterocycles. The normalized spacial score (nSPS) is 12.0. The van der Waals surface area contributed by atoms with Gasteiger partial charge in [0.1, 0.15) is 5.79 Å². The van der Waals surface area contributed by atoms with Crippen LogP contribution in [0.3, 0.4) is 0 Å². The van der Waals surface area contributed by atoms with Crippen LogP contribution < -0.4 is 11.5 Å². The fourth-order valence-electron chi connectivity index (χ4n) is 2.95. The molecule has 0 heterocycles. The van der Waals surface area contributed by atoms with Crippen LogP contribution in [0.15, 0.2) is 0 Å². The summed E-state index contributed by atoms with van der Waals surface area (Å²) in [6, 6.07) is 0. The van der Waals surface area contributed by atoms with Crippen molar-refractivity contribution in [1.82, 2.24) is 9.80 Å². The number of hydrogen-bond donors (Lipinski definition) is 8. The molecule has 0 aromatic heterocycles. The summed E-state index contributed by atoms with van der Waals surface area (Å²) in [5.41, 5.74) is 9.06. The van der Waals surface area contributed by atoms with Crippen molar-refractivity contribution in [1.29, 1.82) is 0 Å². The molecular weight excluding hydrogens is 416 g/mol. The molecule has 0 aromatic carbocycles. The number of nitrogens with zero attached hydrogens (tertiary/aromatic N) is 2. The average molecular weight is 438 g/mol. The Kier molecular flexibility index (Phi) is 9.28. The third-order valence-corrected chi connectivity index (χ3v) is 4.07. The smallest absolute Gasteiger partial charge is 0.317 e. The maximum Gasteiger partial charge on any atom is 0.317 e. The van der Waals surface area contributed by atoms with E-state index in [1.807, 2.05) is 0 Å². The van der Waals surface area contributed by atoms with Gasteiger partial charge >= 0.3 is 35.8 Å². The number of rotatable bonds is 15. The van der Waals surface area contributed by atoms with E-state index in [1.165, 1.54) is 0 Å². The van der Waals surface area contributed by atoms with Gasteiger partial charge in [-0.15, -0.1) is 0 Å². The Labute approximate surface area is 167 Å². The van der Waals surface area contributed by atoms with Crippen LogP contribution in [0.2, 0.25) is 0 Å². The lowest BCUT2D eigenvalue weighted by molar-refractivity contribution is -0.169. The van der Waals surface area contributed by atoms with Gasteiger partial charge in [-0.3, -0.25) is 45.1 Å². The molecule has 0 aromatic rings. The summed E-state index contributed by atoms with van der Waals surface area (Å²) in [7, 11) is 0. The molecular formula is C14H22N4O12. The molecule has 0 atom stereocenters. The maximum atomic E-state index is 11.5. The molecule has 0 aliphatic rings. The fourth-order valence-corrected chi connectivity index (χ4v) is 2.95. The number of hydrogen-bond acceptors (Lipinski definition) is 10. The monoisotopic (exact) mass is 438 g/mol. The first-order chi connectivity index (χ1) is 13.5. The minimum Gasteiger partial charge on any atom is -0.481 e. The zero-order chi connectivity index (χ0) is 23.9. The van der Waals surface area contributed by atoms with E-state index < -0.39 is 86.2 Å². The summed E-state index contributed by atoms with van der Waals surface area (Å²) in [5.74, 6) is -13.3. The number of carboxylic acid groups (broad SMARTS) is 6. The summed E-state index contributed by atoms with van der Waals surface area (Å²) >= 11 is 0. The molecule has 0 spiro atoms. The fraction of sp³-hybridized carbons (Fsp3) is 0.571. The van der Waals surface area contributed by atoms with Gasteiger partial charge in [0, 0.05) is 0 Å². The third kappa shape index (κ3) is 7.24. The van der Waals surface area contributed by atoms with Crippen molar-refractivity contribution in [2.45, 2.75) is 24.2 Å². The predicted molar refractivity (Wildman–Crippen MR) is 92.0 cm³/mol. The molecule has 0 unspecified atom stereocenters. The Balaban J connectivity index is 6.95. The van der Waals surface area contributed by atoms with E-state index in [0.717, 1.165) is 0 Å². The molecule has 0 saturated carbocycles. The molecule has 16 nitrogen and oxygen atoms in total. The number of carbonyl (C=O) groups is 6. The van der Waals surface area contributed by atoms with Crippen LogP contribution in [0.1, 0.15) is 12.8 Å². The van der Waals surface area contributed by atoms with Crippen molar-refractivity contribution in [2.24, 2.45) is 11.5 Å². The van der Waals surface area contributed by atoms with Gasteiger partial charge in [-0.2, -0.15) is 0 Å². The van der Waals surface area contributed by atoms with Crippen molar-refractivity contribution in [3.63, 3.8) is 0 Å². The Hall–Kier alpha value is -3.34. The van der Waals surface area contributed by atoms with Gasteiger partial charge in [-0.1, -0.05) is 0 Å². The first-order valence-electron chi connectivity index (χ1n) is 7.93. The highest BCUT2D eigenvalue weighted by molar-refractivity contribution is 5.77. The zero-order valence-electron chi connectivity index (χ0n) is 15.4. The molecule has 0 aliphatic carbocycles. The molecule has 0 radical (unpaired) electrons. The largest absolute Gasteiger partial charge is 0.481 e. The molecule has 0 rings (SSSR count). The van der Waals surface area contributed by atoms with Gasteiger partial charge in [0.15, 0.2) is 0 Å². The maximum absolute atomic E-state index is 11.5. The quantitative estimate of drug-likeness (QED) is 0.114. The Morgan fingerprint density at radius 2 is 0.800 bits per heavy atom. The van der Waals surface area contributed by atoms with Gasteiger partial charge in [-0.05, 0) is 0 Å². The topological polar surface area (TPSA) is 282 Å². The summed E-state index contributed by atoms with van der Waals surface area (Å²) in [6.07, 6.45) is -2.72. The Morgan fingerprint density at radius 3 is 1.03 bits per heavy atom. The second-order valence-corrected chi connectivity index (χ2v) is 6.29. The van der Waals surface area contributed by atoms with Crippen molar-refractivity contribution >= 4 is 35.8 Å². The Morgan fingerprint density at radius 1 is 0.533 bits per heavy atom. The van der Waals surface area contributed by atoms with Crippen LogP contribution in [0.25, 0.3) is 0 Å². The lowest BCUT2D eigenvalue weighted by Gasteiger charge is -2.54. The van der Waals surface area contributed by atoms with Crippen molar-refractivity contribution < 1.29 is 59.4 Å². The van der Waals surface area contributed by atoms with Crippen molar-refractivity contribution in [3.05, 3.63) is 0 Å². The van der Waals surface area contributed by atoms with E-state index in [9.17, 15) is 39.0 Å².